The topological polar surface area (TPSA) is 30.9 Å². The van der Waals surface area contributed by atoms with E-state index in [1.807, 2.05) is 13.1 Å². The van der Waals surface area contributed by atoms with Gasteiger partial charge in [0, 0.05) is 39.8 Å². The maximum absolute atomic E-state index is 4.36. The summed E-state index contributed by atoms with van der Waals surface area (Å²) in [6.45, 7) is 7.28. The van der Waals surface area contributed by atoms with E-state index in [1.165, 1.54) is 12.0 Å². The highest BCUT2D eigenvalue weighted by Gasteiger charge is 2.08. The van der Waals surface area contributed by atoms with Crippen LogP contribution in [0.4, 0.5) is 0 Å². The number of nitrogens with one attached hydrogen (secondary N) is 1. The van der Waals surface area contributed by atoms with E-state index in [9.17, 15) is 0 Å². The minimum atomic E-state index is 0.621. The third-order valence-electron chi connectivity index (χ3n) is 3.93. The molecular formula is C17H30N4. The Kier molecular flexibility index (Phi) is 7.83. The van der Waals surface area contributed by atoms with Crippen molar-refractivity contribution in [3.63, 3.8) is 0 Å². The third-order valence-corrected chi connectivity index (χ3v) is 3.93. The van der Waals surface area contributed by atoms with E-state index in [0.29, 0.717) is 6.04 Å². The van der Waals surface area contributed by atoms with Gasteiger partial charge in [-0.3, -0.25) is 4.99 Å². The SMILES string of the molecule is CCC(C)N(C)CCNC(=NC)N(C)Cc1ccccc1. The molecule has 1 aromatic carbocycles. The van der Waals surface area contributed by atoms with Crippen LogP contribution in [0.15, 0.2) is 35.3 Å². The molecule has 0 bridgehead atoms. The van der Waals surface area contributed by atoms with Crippen LogP contribution in [-0.4, -0.2) is 56.0 Å². The highest BCUT2D eigenvalue weighted by Crippen LogP contribution is 2.03. The van der Waals surface area contributed by atoms with Crippen molar-refractivity contribution in [1.82, 2.24) is 15.1 Å². The summed E-state index contributed by atoms with van der Waals surface area (Å²) >= 11 is 0. The molecule has 0 saturated heterocycles. The number of guanidine groups is 1. The molecule has 0 aliphatic rings. The average Bonchev–Trinajstić information content (AvgIpc) is 2.51. The highest BCUT2D eigenvalue weighted by atomic mass is 15.3. The molecule has 0 spiro atoms. The predicted molar refractivity (Wildman–Crippen MR) is 91.7 cm³/mol. The Morgan fingerprint density at radius 3 is 2.48 bits per heavy atom. The summed E-state index contributed by atoms with van der Waals surface area (Å²) in [5, 5.41) is 3.43. The minimum absolute atomic E-state index is 0.621. The molecule has 0 aliphatic carbocycles. The maximum Gasteiger partial charge on any atom is 0.193 e. The van der Waals surface area contributed by atoms with Crippen molar-refractivity contribution < 1.29 is 0 Å². The van der Waals surface area contributed by atoms with E-state index < -0.39 is 0 Å². The lowest BCUT2D eigenvalue weighted by Crippen LogP contribution is -2.42. The number of likely N-dealkylation sites (N-methyl/N-ethyl adjacent to an activating group) is 1. The maximum atomic E-state index is 4.36. The molecule has 0 heterocycles. The molecule has 1 rings (SSSR count). The van der Waals surface area contributed by atoms with Crippen LogP contribution in [-0.2, 0) is 6.54 Å². The highest BCUT2D eigenvalue weighted by molar-refractivity contribution is 5.79. The van der Waals surface area contributed by atoms with E-state index in [-0.39, 0.29) is 0 Å². The van der Waals surface area contributed by atoms with Crippen molar-refractivity contribution in [3.8, 4) is 0 Å². The third kappa shape index (κ3) is 6.17. The van der Waals surface area contributed by atoms with Crippen molar-refractivity contribution in [2.75, 3.05) is 34.2 Å². The van der Waals surface area contributed by atoms with E-state index in [2.05, 4.69) is 72.3 Å². The Morgan fingerprint density at radius 2 is 1.90 bits per heavy atom. The Hall–Kier alpha value is -1.55. The molecule has 21 heavy (non-hydrogen) atoms. The van der Waals surface area contributed by atoms with Crippen molar-refractivity contribution >= 4 is 5.96 Å². The Balaban J connectivity index is 2.41. The summed E-state index contributed by atoms with van der Waals surface area (Å²) in [6.07, 6.45) is 1.18. The zero-order chi connectivity index (χ0) is 15.7. The molecule has 0 amide bonds. The average molecular weight is 290 g/mol. The molecule has 1 N–H and O–H groups in total. The van der Waals surface area contributed by atoms with Crippen LogP contribution in [0.3, 0.4) is 0 Å². The second-order valence-corrected chi connectivity index (χ2v) is 5.55. The molecule has 118 valence electrons. The van der Waals surface area contributed by atoms with Gasteiger partial charge in [-0.2, -0.15) is 0 Å². The Bertz CT molecular complexity index is 416. The summed E-state index contributed by atoms with van der Waals surface area (Å²) < 4.78 is 0. The summed E-state index contributed by atoms with van der Waals surface area (Å²) in [4.78, 5) is 8.88. The van der Waals surface area contributed by atoms with Crippen LogP contribution in [0, 0.1) is 0 Å². The summed E-state index contributed by atoms with van der Waals surface area (Å²) in [6, 6.07) is 11.1. The molecular weight excluding hydrogens is 260 g/mol. The monoisotopic (exact) mass is 290 g/mol. The second-order valence-electron chi connectivity index (χ2n) is 5.55. The van der Waals surface area contributed by atoms with Crippen molar-refractivity contribution in [3.05, 3.63) is 35.9 Å². The second kappa shape index (κ2) is 9.40. The zero-order valence-corrected chi connectivity index (χ0v) is 14.1. The number of benzene rings is 1. The fraction of sp³-hybridized carbons (Fsp3) is 0.588. The number of nitrogens with zero attached hydrogens (tertiary/aromatic N) is 3. The van der Waals surface area contributed by atoms with Crippen molar-refractivity contribution in [1.29, 1.82) is 0 Å². The van der Waals surface area contributed by atoms with E-state index in [4.69, 9.17) is 0 Å². The quantitative estimate of drug-likeness (QED) is 0.618. The first-order valence-electron chi connectivity index (χ1n) is 7.74. The van der Waals surface area contributed by atoms with Crippen LogP contribution < -0.4 is 5.32 Å². The summed E-state index contributed by atoms with van der Waals surface area (Å²) in [7, 11) is 6.08. The molecule has 4 nitrogen and oxygen atoms in total. The molecule has 0 aliphatic heterocycles. The lowest BCUT2D eigenvalue weighted by atomic mass is 10.2. The van der Waals surface area contributed by atoms with Gasteiger partial charge in [-0.25, -0.2) is 0 Å². The van der Waals surface area contributed by atoms with Crippen LogP contribution in [0.1, 0.15) is 25.8 Å². The van der Waals surface area contributed by atoms with Crippen LogP contribution in [0.25, 0.3) is 0 Å². The first-order valence-corrected chi connectivity index (χ1v) is 7.74. The zero-order valence-electron chi connectivity index (χ0n) is 14.1. The van der Waals surface area contributed by atoms with Gasteiger partial charge >= 0.3 is 0 Å². The van der Waals surface area contributed by atoms with Crippen LogP contribution in [0.5, 0.6) is 0 Å². The van der Waals surface area contributed by atoms with Gasteiger partial charge in [-0.15, -0.1) is 0 Å². The fourth-order valence-electron chi connectivity index (χ4n) is 2.19. The van der Waals surface area contributed by atoms with Crippen molar-refractivity contribution in [2.24, 2.45) is 4.99 Å². The lowest BCUT2D eigenvalue weighted by molar-refractivity contribution is 0.255. The lowest BCUT2D eigenvalue weighted by Gasteiger charge is -2.26. The van der Waals surface area contributed by atoms with Gasteiger partial charge in [0.25, 0.3) is 0 Å². The Labute approximate surface area is 129 Å². The van der Waals surface area contributed by atoms with Gasteiger partial charge in [-0.05, 0) is 26.0 Å². The molecule has 1 aromatic rings. The smallest absolute Gasteiger partial charge is 0.193 e. The van der Waals surface area contributed by atoms with Crippen LogP contribution in [0.2, 0.25) is 0 Å². The number of hydrogen-bond donors (Lipinski definition) is 1. The van der Waals surface area contributed by atoms with Gasteiger partial charge in [0.2, 0.25) is 0 Å². The van der Waals surface area contributed by atoms with E-state index in [0.717, 1.165) is 25.6 Å². The normalized spacial score (nSPS) is 13.3. The summed E-state index contributed by atoms with van der Waals surface area (Å²) in [5.74, 6) is 0.941. The molecule has 4 heteroatoms. The predicted octanol–water partition coefficient (Wildman–Crippen LogP) is 2.42. The molecule has 0 saturated carbocycles. The number of aliphatic imine (C=N–C) groups is 1. The standard InChI is InChI=1S/C17H30N4/c1-6-15(2)20(4)13-12-19-17(18-3)21(5)14-16-10-8-7-9-11-16/h7-11,15H,6,12-14H2,1-5H3,(H,18,19). The molecule has 1 unspecified atom stereocenters. The van der Waals surface area contributed by atoms with Crippen molar-refractivity contribution in [2.45, 2.75) is 32.9 Å². The Morgan fingerprint density at radius 1 is 1.24 bits per heavy atom. The molecule has 0 fully saturated rings. The first kappa shape index (κ1) is 17.5. The minimum Gasteiger partial charge on any atom is -0.355 e. The van der Waals surface area contributed by atoms with Gasteiger partial charge in [0.05, 0.1) is 0 Å². The molecule has 0 radical (unpaired) electrons. The van der Waals surface area contributed by atoms with Gasteiger partial charge in [0.15, 0.2) is 5.96 Å². The first-order chi connectivity index (χ1) is 10.1. The summed E-state index contributed by atoms with van der Waals surface area (Å²) in [5.41, 5.74) is 1.29. The van der Waals surface area contributed by atoms with E-state index >= 15 is 0 Å². The van der Waals surface area contributed by atoms with E-state index in [1.54, 1.807) is 0 Å². The van der Waals surface area contributed by atoms with Gasteiger partial charge in [-0.1, -0.05) is 37.3 Å². The largest absolute Gasteiger partial charge is 0.355 e. The molecule has 0 aromatic heterocycles. The van der Waals surface area contributed by atoms with Gasteiger partial charge < -0.3 is 15.1 Å². The van der Waals surface area contributed by atoms with Gasteiger partial charge in [0.1, 0.15) is 0 Å². The fourth-order valence-corrected chi connectivity index (χ4v) is 2.19. The van der Waals surface area contributed by atoms with Crippen LogP contribution >= 0.6 is 0 Å². The number of hydrogen-bond acceptors (Lipinski definition) is 2. The molecule has 1 atom stereocenters. The number of rotatable bonds is 7.